The summed E-state index contributed by atoms with van der Waals surface area (Å²) in [5.41, 5.74) is 0.510. The average Bonchev–Trinajstić information content (AvgIpc) is 3.03. The number of hydrogen-bond acceptors (Lipinski definition) is 6. The van der Waals surface area contributed by atoms with Crippen LogP contribution in [0.3, 0.4) is 0 Å². The first-order chi connectivity index (χ1) is 10.6. The second-order valence-electron chi connectivity index (χ2n) is 5.73. The molecule has 2 rings (SSSR count). The van der Waals surface area contributed by atoms with Crippen molar-refractivity contribution in [3.8, 4) is 0 Å². The van der Waals surface area contributed by atoms with Gasteiger partial charge in [-0.2, -0.15) is 0 Å². The van der Waals surface area contributed by atoms with Crippen molar-refractivity contribution in [1.82, 2.24) is 19.8 Å². The van der Waals surface area contributed by atoms with E-state index in [4.69, 9.17) is 4.74 Å². The van der Waals surface area contributed by atoms with E-state index in [0.717, 1.165) is 26.0 Å². The Balaban J connectivity index is 2.05. The summed E-state index contributed by atoms with van der Waals surface area (Å²) in [6.07, 6.45) is 5.36. The Labute approximate surface area is 131 Å². The van der Waals surface area contributed by atoms with Gasteiger partial charge < -0.3 is 19.9 Å². The van der Waals surface area contributed by atoms with Crippen molar-refractivity contribution in [2.24, 2.45) is 0 Å². The number of carbonyl (C=O) groups is 1. The molecule has 1 aromatic heterocycles. The predicted molar refractivity (Wildman–Crippen MR) is 85.0 cm³/mol. The first-order valence-electron chi connectivity index (χ1n) is 7.65. The molecule has 0 bridgehead atoms. The van der Waals surface area contributed by atoms with E-state index in [1.165, 1.54) is 0 Å². The molecule has 0 spiro atoms. The van der Waals surface area contributed by atoms with Crippen LogP contribution in [0.5, 0.6) is 0 Å². The second-order valence-corrected chi connectivity index (χ2v) is 5.73. The normalized spacial score (nSPS) is 17.7. The van der Waals surface area contributed by atoms with Gasteiger partial charge in [0.05, 0.1) is 11.7 Å². The fourth-order valence-corrected chi connectivity index (χ4v) is 2.38. The molecule has 1 fully saturated rings. The smallest absolute Gasteiger partial charge is 0.257 e. The van der Waals surface area contributed by atoms with Crippen LogP contribution in [0.1, 0.15) is 23.2 Å². The third kappa shape index (κ3) is 4.64. The monoisotopic (exact) mass is 307 g/mol. The van der Waals surface area contributed by atoms with Crippen molar-refractivity contribution in [2.75, 3.05) is 52.7 Å². The van der Waals surface area contributed by atoms with Crippen LogP contribution in [0.25, 0.3) is 0 Å². The summed E-state index contributed by atoms with van der Waals surface area (Å²) in [6, 6.07) is 0. The van der Waals surface area contributed by atoms with E-state index in [1.54, 1.807) is 19.4 Å². The predicted octanol–water partition coefficient (Wildman–Crippen LogP) is 0.701. The van der Waals surface area contributed by atoms with Gasteiger partial charge in [-0.3, -0.25) is 4.79 Å². The fraction of sp³-hybridized carbons (Fsp3) is 0.667. The molecule has 122 valence electrons. The lowest BCUT2D eigenvalue weighted by Gasteiger charge is -2.26. The number of nitrogens with zero attached hydrogens (tertiary/aromatic N) is 4. The standard InChI is InChI=1S/C15H25N5O2/c1-16-15-17-9-12(10-18-15)14(21)20(7-6-19(2)3)11-13-5-4-8-22-13/h9-10,13H,4-8,11H2,1-3H3,(H,16,17,18)/t13-/m1/s1. The Morgan fingerprint density at radius 2 is 2.09 bits per heavy atom. The summed E-state index contributed by atoms with van der Waals surface area (Å²) in [5.74, 6) is 0.468. The molecule has 1 aliphatic rings. The number of likely N-dealkylation sites (N-methyl/N-ethyl adjacent to an activating group) is 1. The maximum absolute atomic E-state index is 12.7. The molecule has 0 aliphatic carbocycles. The molecular weight excluding hydrogens is 282 g/mol. The fourth-order valence-electron chi connectivity index (χ4n) is 2.38. The summed E-state index contributed by atoms with van der Waals surface area (Å²) in [6.45, 7) is 2.90. The molecule has 7 nitrogen and oxygen atoms in total. The molecule has 1 atom stereocenters. The highest BCUT2D eigenvalue weighted by atomic mass is 16.5. The molecule has 0 unspecified atom stereocenters. The van der Waals surface area contributed by atoms with Gasteiger partial charge in [0, 0.05) is 45.7 Å². The Morgan fingerprint density at radius 3 is 2.64 bits per heavy atom. The minimum Gasteiger partial charge on any atom is -0.376 e. The van der Waals surface area contributed by atoms with Gasteiger partial charge in [-0.25, -0.2) is 9.97 Å². The number of nitrogens with one attached hydrogen (secondary N) is 1. The first kappa shape index (κ1) is 16.6. The van der Waals surface area contributed by atoms with Gasteiger partial charge in [-0.05, 0) is 26.9 Å². The molecule has 0 radical (unpaired) electrons. The molecule has 0 saturated carbocycles. The van der Waals surface area contributed by atoms with Gasteiger partial charge >= 0.3 is 0 Å². The summed E-state index contributed by atoms with van der Waals surface area (Å²) < 4.78 is 5.66. The number of amides is 1. The highest BCUT2D eigenvalue weighted by Gasteiger charge is 2.23. The maximum Gasteiger partial charge on any atom is 0.257 e. The van der Waals surface area contributed by atoms with Gasteiger partial charge in [0.1, 0.15) is 0 Å². The molecule has 22 heavy (non-hydrogen) atoms. The third-order valence-electron chi connectivity index (χ3n) is 3.67. The molecule has 1 aliphatic heterocycles. The first-order valence-corrected chi connectivity index (χ1v) is 7.65. The Kier molecular flexibility index (Phi) is 6.09. The van der Waals surface area contributed by atoms with Crippen molar-refractivity contribution in [1.29, 1.82) is 0 Å². The minimum absolute atomic E-state index is 0.0417. The van der Waals surface area contributed by atoms with Crippen LogP contribution in [0.15, 0.2) is 12.4 Å². The van der Waals surface area contributed by atoms with Crippen LogP contribution in [0.4, 0.5) is 5.95 Å². The van der Waals surface area contributed by atoms with Crippen LogP contribution in [0.2, 0.25) is 0 Å². The highest BCUT2D eigenvalue weighted by Crippen LogP contribution is 2.15. The summed E-state index contributed by atoms with van der Waals surface area (Å²) in [5, 5.41) is 2.85. The van der Waals surface area contributed by atoms with Crippen molar-refractivity contribution in [3.05, 3.63) is 18.0 Å². The number of anilines is 1. The topological polar surface area (TPSA) is 70.6 Å². The van der Waals surface area contributed by atoms with Crippen molar-refractivity contribution < 1.29 is 9.53 Å². The van der Waals surface area contributed by atoms with Gasteiger partial charge in [0.15, 0.2) is 0 Å². The molecule has 0 aromatic carbocycles. The number of hydrogen-bond donors (Lipinski definition) is 1. The highest BCUT2D eigenvalue weighted by molar-refractivity contribution is 5.93. The van der Waals surface area contributed by atoms with Crippen LogP contribution >= 0.6 is 0 Å². The van der Waals surface area contributed by atoms with E-state index in [9.17, 15) is 4.79 Å². The minimum atomic E-state index is -0.0417. The quantitative estimate of drug-likeness (QED) is 0.800. The molecule has 2 heterocycles. The Hall–Kier alpha value is -1.73. The van der Waals surface area contributed by atoms with Crippen LogP contribution in [-0.2, 0) is 4.74 Å². The summed E-state index contributed by atoms with van der Waals surface area (Å²) >= 11 is 0. The lowest BCUT2D eigenvalue weighted by atomic mass is 10.2. The van der Waals surface area contributed by atoms with E-state index in [0.29, 0.717) is 24.6 Å². The summed E-state index contributed by atoms with van der Waals surface area (Å²) in [4.78, 5) is 24.8. The zero-order chi connectivity index (χ0) is 15.9. The molecule has 1 N–H and O–H groups in total. The number of rotatable bonds is 7. The summed E-state index contributed by atoms with van der Waals surface area (Å²) in [7, 11) is 5.75. The van der Waals surface area contributed by atoms with Crippen molar-refractivity contribution in [3.63, 3.8) is 0 Å². The van der Waals surface area contributed by atoms with E-state index in [-0.39, 0.29) is 12.0 Å². The molecule has 1 amide bonds. The molecule has 1 aromatic rings. The molecule has 1 saturated heterocycles. The third-order valence-corrected chi connectivity index (χ3v) is 3.67. The van der Waals surface area contributed by atoms with E-state index < -0.39 is 0 Å². The van der Waals surface area contributed by atoms with Crippen LogP contribution < -0.4 is 5.32 Å². The van der Waals surface area contributed by atoms with Gasteiger partial charge in [-0.1, -0.05) is 0 Å². The van der Waals surface area contributed by atoms with Gasteiger partial charge in [0.25, 0.3) is 5.91 Å². The number of carbonyl (C=O) groups excluding carboxylic acids is 1. The Morgan fingerprint density at radius 1 is 1.36 bits per heavy atom. The Bertz CT molecular complexity index is 471. The van der Waals surface area contributed by atoms with Crippen molar-refractivity contribution >= 4 is 11.9 Å². The van der Waals surface area contributed by atoms with Crippen LogP contribution in [-0.4, -0.2) is 79.2 Å². The lowest BCUT2D eigenvalue weighted by molar-refractivity contribution is 0.0511. The van der Waals surface area contributed by atoms with E-state index >= 15 is 0 Å². The second kappa shape index (κ2) is 8.05. The molecule has 7 heteroatoms. The van der Waals surface area contributed by atoms with Gasteiger partial charge in [0.2, 0.25) is 5.95 Å². The number of aromatic nitrogens is 2. The van der Waals surface area contributed by atoms with E-state index in [2.05, 4.69) is 20.2 Å². The maximum atomic E-state index is 12.7. The number of ether oxygens (including phenoxy) is 1. The molecular formula is C15H25N5O2. The van der Waals surface area contributed by atoms with Gasteiger partial charge in [-0.15, -0.1) is 0 Å². The van der Waals surface area contributed by atoms with Crippen molar-refractivity contribution in [2.45, 2.75) is 18.9 Å². The van der Waals surface area contributed by atoms with Crippen LogP contribution in [0, 0.1) is 0 Å². The largest absolute Gasteiger partial charge is 0.376 e. The zero-order valence-corrected chi connectivity index (χ0v) is 13.6. The van der Waals surface area contributed by atoms with E-state index in [1.807, 2.05) is 19.0 Å². The SMILES string of the molecule is CNc1ncc(C(=O)N(CCN(C)C)C[C@H]2CCCO2)cn1. The average molecular weight is 307 g/mol. The zero-order valence-electron chi connectivity index (χ0n) is 13.6. The lowest BCUT2D eigenvalue weighted by Crippen LogP contribution is -2.41.